The molecule has 0 aliphatic carbocycles. The van der Waals surface area contributed by atoms with Gasteiger partial charge in [0.15, 0.2) is 0 Å². The van der Waals surface area contributed by atoms with Gasteiger partial charge in [-0.05, 0) is 30.9 Å². The third-order valence-corrected chi connectivity index (χ3v) is 4.83. The third kappa shape index (κ3) is 3.23. The molecule has 0 spiro atoms. The summed E-state index contributed by atoms with van der Waals surface area (Å²) in [7, 11) is 0. The standard InChI is InChI=1S/C20H24N4O2/c1-14(2)11-18-21-22-20(26-18)17-12-15-7-3-4-8-16(15)24(17)13-19(25)23-9-5-6-10-23/h3-4,7-8,12,14H,5-6,9-11,13H2,1-2H3. The van der Waals surface area contributed by atoms with Gasteiger partial charge in [0, 0.05) is 30.4 Å². The lowest BCUT2D eigenvalue weighted by atomic mass is 10.1. The first kappa shape index (κ1) is 16.8. The lowest BCUT2D eigenvalue weighted by molar-refractivity contribution is -0.130. The highest BCUT2D eigenvalue weighted by Crippen LogP contribution is 2.28. The van der Waals surface area contributed by atoms with E-state index in [1.807, 2.05) is 39.8 Å². The Morgan fingerprint density at radius 1 is 1.19 bits per heavy atom. The van der Waals surface area contributed by atoms with Gasteiger partial charge in [0.05, 0.1) is 0 Å². The van der Waals surface area contributed by atoms with E-state index in [1.165, 1.54) is 0 Å². The van der Waals surface area contributed by atoms with Crippen molar-refractivity contribution >= 4 is 16.8 Å². The fraction of sp³-hybridized carbons (Fsp3) is 0.450. The molecule has 26 heavy (non-hydrogen) atoms. The van der Waals surface area contributed by atoms with Gasteiger partial charge < -0.3 is 13.9 Å². The van der Waals surface area contributed by atoms with Crippen LogP contribution >= 0.6 is 0 Å². The summed E-state index contributed by atoms with van der Waals surface area (Å²) >= 11 is 0. The van der Waals surface area contributed by atoms with Gasteiger partial charge in [0.25, 0.3) is 5.89 Å². The molecule has 1 aromatic carbocycles. The Labute approximate surface area is 152 Å². The summed E-state index contributed by atoms with van der Waals surface area (Å²) in [5, 5.41) is 9.48. The Kier molecular flexibility index (Phi) is 4.49. The van der Waals surface area contributed by atoms with E-state index in [-0.39, 0.29) is 5.91 Å². The summed E-state index contributed by atoms with van der Waals surface area (Å²) in [6.07, 6.45) is 2.93. The molecular formula is C20H24N4O2. The van der Waals surface area contributed by atoms with Gasteiger partial charge in [0.1, 0.15) is 12.2 Å². The predicted octanol–water partition coefficient (Wildman–Crippen LogP) is 3.51. The maximum Gasteiger partial charge on any atom is 0.264 e. The molecule has 1 amide bonds. The van der Waals surface area contributed by atoms with Crippen LogP contribution in [0.25, 0.3) is 22.5 Å². The number of hydrogen-bond donors (Lipinski definition) is 0. The summed E-state index contributed by atoms with van der Waals surface area (Å²) < 4.78 is 7.89. The average Bonchev–Trinajstić information content (AvgIpc) is 3.34. The van der Waals surface area contributed by atoms with Crippen molar-refractivity contribution in [3.63, 3.8) is 0 Å². The topological polar surface area (TPSA) is 64.2 Å². The number of nitrogens with zero attached hydrogens (tertiary/aromatic N) is 4. The normalized spacial score (nSPS) is 14.7. The van der Waals surface area contributed by atoms with Crippen molar-refractivity contribution in [2.24, 2.45) is 5.92 Å². The van der Waals surface area contributed by atoms with Gasteiger partial charge in [-0.1, -0.05) is 32.0 Å². The number of aromatic nitrogens is 3. The van der Waals surface area contributed by atoms with Crippen LogP contribution in [-0.2, 0) is 17.8 Å². The fourth-order valence-electron chi connectivity index (χ4n) is 3.55. The quantitative estimate of drug-likeness (QED) is 0.705. The molecule has 0 atom stereocenters. The van der Waals surface area contributed by atoms with Crippen LogP contribution in [0.5, 0.6) is 0 Å². The molecule has 0 unspecified atom stereocenters. The van der Waals surface area contributed by atoms with E-state index in [2.05, 4.69) is 24.0 Å². The predicted molar refractivity (Wildman–Crippen MR) is 99.6 cm³/mol. The molecule has 0 bridgehead atoms. The second-order valence-electron chi connectivity index (χ2n) is 7.36. The molecule has 2 aromatic heterocycles. The number of carbonyl (C=O) groups is 1. The number of amides is 1. The number of para-hydroxylation sites is 1. The van der Waals surface area contributed by atoms with Crippen LogP contribution in [0.1, 0.15) is 32.6 Å². The molecule has 3 heterocycles. The van der Waals surface area contributed by atoms with Gasteiger partial charge in [-0.15, -0.1) is 10.2 Å². The molecule has 3 aromatic rings. The Balaban J connectivity index is 1.71. The van der Waals surface area contributed by atoms with Gasteiger partial charge >= 0.3 is 0 Å². The minimum Gasteiger partial charge on any atom is -0.419 e. The zero-order chi connectivity index (χ0) is 18.1. The highest BCUT2D eigenvalue weighted by molar-refractivity contribution is 5.88. The summed E-state index contributed by atoms with van der Waals surface area (Å²) in [6, 6.07) is 10.1. The lowest BCUT2D eigenvalue weighted by Crippen LogP contribution is -2.31. The van der Waals surface area contributed by atoms with Crippen LogP contribution in [0.4, 0.5) is 0 Å². The van der Waals surface area contributed by atoms with Gasteiger partial charge in [-0.25, -0.2) is 0 Å². The van der Waals surface area contributed by atoms with Crippen molar-refractivity contribution in [1.29, 1.82) is 0 Å². The first-order valence-corrected chi connectivity index (χ1v) is 9.30. The smallest absolute Gasteiger partial charge is 0.264 e. The van der Waals surface area contributed by atoms with Crippen LogP contribution in [0, 0.1) is 5.92 Å². The maximum atomic E-state index is 12.7. The Morgan fingerprint density at radius 2 is 1.96 bits per heavy atom. The minimum absolute atomic E-state index is 0.145. The van der Waals surface area contributed by atoms with Crippen molar-refractivity contribution in [2.45, 2.75) is 39.7 Å². The van der Waals surface area contributed by atoms with E-state index in [0.29, 0.717) is 24.2 Å². The second-order valence-corrected chi connectivity index (χ2v) is 7.36. The first-order valence-electron chi connectivity index (χ1n) is 9.30. The molecular weight excluding hydrogens is 328 g/mol. The minimum atomic E-state index is 0.145. The molecule has 1 aliphatic rings. The molecule has 1 fully saturated rings. The summed E-state index contributed by atoms with van der Waals surface area (Å²) in [5.41, 5.74) is 1.82. The van der Waals surface area contributed by atoms with Crippen LogP contribution in [0.3, 0.4) is 0 Å². The van der Waals surface area contributed by atoms with Crippen molar-refractivity contribution in [3.05, 3.63) is 36.2 Å². The third-order valence-electron chi connectivity index (χ3n) is 4.83. The van der Waals surface area contributed by atoms with Crippen molar-refractivity contribution < 1.29 is 9.21 Å². The number of likely N-dealkylation sites (tertiary alicyclic amines) is 1. The highest BCUT2D eigenvalue weighted by atomic mass is 16.4. The number of rotatable bonds is 5. The first-order chi connectivity index (χ1) is 12.6. The number of carbonyl (C=O) groups excluding carboxylic acids is 1. The van der Waals surface area contributed by atoms with Gasteiger partial charge in [0.2, 0.25) is 11.8 Å². The van der Waals surface area contributed by atoms with Crippen LogP contribution in [0.2, 0.25) is 0 Å². The van der Waals surface area contributed by atoms with Gasteiger partial charge in [-0.2, -0.15) is 0 Å². The molecule has 6 heteroatoms. The number of benzene rings is 1. The summed E-state index contributed by atoms with van der Waals surface area (Å²) in [5.74, 6) is 1.71. The van der Waals surface area contributed by atoms with E-state index < -0.39 is 0 Å². The van der Waals surface area contributed by atoms with Crippen LogP contribution in [0.15, 0.2) is 34.7 Å². The molecule has 6 nitrogen and oxygen atoms in total. The van der Waals surface area contributed by atoms with Crippen molar-refractivity contribution in [2.75, 3.05) is 13.1 Å². The molecule has 0 N–H and O–H groups in total. The molecule has 0 radical (unpaired) electrons. The second kappa shape index (κ2) is 6.94. The highest BCUT2D eigenvalue weighted by Gasteiger charge is 2.22. The molecule has 1 saturated heterocycles. The van der Waals surface area contributed by atoms with E-state index in [0.717, 1.165) is 48.9 Å². The van der Waals surface area contributed by atoms with Crippen LogP contribution < -0.4 is 0 Å². The Bertz CT molecular complexity index is 919. The number of hydrogen-bond acceptors (Lipinski definition) is 4. The number of fused-ring (bicyclic) bond motifs is 1. The van der Waals surface area contributed by atoms with Crippen molar-refractivity contribution in [1.82, 2.24) is 19.7 Å². The van der Waals surface area contributed by atoms with E-state index >= 15 is 0 Å². The Morgan fingerprint density at radius 3 is 2.73 bits per heavy atom. The van der Waals surface area contributed by atoms with Crippen LogP contribution in [-0.4, -0.2) is 38.7 Å². The SMILES string of the molecule is CC(C)Cc1nnc(-c2cc3ccccc3n2CC(=O)N2CCCC2)o1. The zero-order valence-corrected chi connectivity index (χ0v) is 15.3. The van der Waals surface area contributed by atoms with E-state index in [4.69, 9.17) is 4.42 Å². The monoisotopic (exact) mass is 352 g/mol. The van der Waals surface area contributed by atoms with E-state index in [1.54, 1.807) is 0 Å². The largest absolute Gasteiger partial charge is 0.419 e. The van der Waals surface area contributed by atoms with Gasteiger partial charge in [-0.3, -0.25) is 4.79 Å². The average molecular weight is 352 g/mol. The molecule has 136 valence electrons. The molecule has 1 aliphatic heterocycles. The maximum absolute atomic E-state index is 12.7. The fourth-order valence-corrected chi connectivity index (χ4v) is 3.55. The summed E-state index contributed by atoms with van der Waals surface area (Å²) in [6.45, 7) is 6.24. The Hall–Kier alpha value is -2.63. The van der Waals surface area contributed by atoms with E-state index in [9.17, 15) is 4.79 Å². The lowest BCUT2D eigenvalue weighted by Gasteiger charge is -2.17. The molecule has 4 rings (SSSR count). The van der Waals surface area contributed by atoms with Crippen molar-refractivity contribution in [3.8, 4) is 11.6 Å². The molecule has 0 saturated carbocycles. The summed E-state index contributed by atoms with van der Waals surface area (Å²) in [4.78, 5) is 14.7. The zero-order valence-electron chi connectivity index (χ0n) is 15.3.